The Morgan fingerprint density at radius 2 is 1.57 bits per heavy atom. The van der Waals surface area contributed by atoms with Gasteiger partial charge in [0.1, 0.15) is 18.8 Å². The number of phenols is 1. The summed E-state index contributed by atoms with van der Waals surface area (Å²) in [4.78, 5) is 2.33. The number of nitrogens with zero attached hydrogens (tertiary/aromatic N) is 2. The zero-order valence-electron chi connectivity index (χ0n) is 21.5. The first-order chi connectivity index (χ1) is 17.0. The summed E-state index contributed by atoms with van der Waals surface area (Å²) in [6, 6.07) is 12.3. The molecule has 0 saturated heterocycles. The van der Waals surface area contributed by atoms with Gasteiger partial charge in [-0.1, -0.05) is 36.9 Å². The highest BCUT2D eigenvalue weighted by Gasteiger charge is 2.18. The Morgan fingerprint density at radius 1 is 0.943 bits per heavy atom. The van der Waals surface area contributed by atoms with Crippen LogP contribution in [0.1, 0.15) is 44.4 Å². The first-order valence-corrected chi connectivity index (χ1v) is 12.5. The Hall–Kier alpha value is -3.79. The number of nitrogens with two attached hydrogens (primary N) is 1. The molecule has 0 amide bonds. The molecule has 0 saturated carbocycles. The standard InChI is InChI=1S/C31H37N3O/c1-6-11-12-28-27(21-22-29(35)31(28)32)30(23-13-17-25(18-14-23)33(7-2)8-3)24-15-19-26(20-16-24)34(9-4)10-5/h6,11-22H,1,7-10,32H2,2-5H3/p+1/b12-11-. The van der Waals surface area contributed by atoms with Crippen molar-refractivity contribution in [3.8, 4) is 5.75 Å². The molecule has 2 aromatic rings. The highest BCUT2D eigenvalue weighted by molar-refractivity contribution is 6.04. The minimum absolute atomic E-state index is 0.0746. The van der Waals surface area contributed by atoms with E-state index < -0.39 is 0 Å². The number of phenolic OH excluding ortho intramolecular Hbond substituents is 1. The van der Waals surface area contributed by atoms with Crippen molar-refractivity contribution in [1.29, 1.82) is 0 Å². The van der Waals surface area contributed by atoms with Gasteiger partial charge in [-0.15, -0.1) is 0 Å². The third-order valence-corrected chi connectivity index (χ3v) is 6.50. The third-order valence-electron chi connectivity index (χ3n) is 6.50. The van der Waals surface area contributed by atoms with Crippen LogP contribution in [0.3, 0.4) is 0 Å². The molecule has 0 atom stereocenters. The maximum absolute atomic E-state index is 10.3. The van der Waals surface area contributed by atoms with Crippen molar-refractivity contribution in [3.63, 3.8) is 0 Å². The second-order valence-electron chi connectivity index (χ2n) is 8.37. The van der Waals surface area contributed by atoms with Crippen molar-refractivity contribution >= 4 is 28.7 Å². The first kappa shape index (κ1) is 25.8. The lowest BCUT2D eigenvalue weighted by Crippen LogP contribution is -2.21. The molecule has 0 unspecified atom stereocenters. The first-order valence-electron chi connectivity index (χ1n) is 12.5. The molecule has 0 heterocycles. The topological polar surface area (TPSA) is 52.5 Å². The Balaban J connectivity index is 2.26. The van der Waals surface area contributed by atoms with Gasteiger partial charge in [0.05, 0.1) is 5.69 Å². The van der Waals surface area contributed by atoms with Crippen LogP contribution in [-0.4, -0.2) is 41.6 Å². The van der Waals surface area contributed by atoms with Crippen LogP contribution < -0.4 is 10.6 Å². The second kappa shape index (κ2) is 12.1. The summed E-state index contributed by atoms with van der Waals surface area (Å²) in [5.41, 5.74) is 14.1. The minimum atomic E-state index is 0.0746. The van der Waals surface area contributed by atoms with E-state index in [0.29, 0.717) is 5.69 Å². The Kier molecular flexibility index (Phi) is 8.91. The van der Waals surface area contributed by atoms with Gasteiger partial charge in [-0.25, -0.2) is 4.58 Å². The van der Waals surface area contributed by atoms with Crippen LogP contribution >= 0.6 is 0 Å². The molecular weight excluding hydrogens is 430 g/mol. The van der Waals surface area contributed by atoms with Gasteiger partial charge in [-0.3, -0.25) is 0 Å². The molecule has 182 valence electrons. The number of allylic oxidation sites excluding steroid dienone is 7. The van der Waals surface area contributed by atoms with Crippen LogP contribution in [0.25, 0.3) is 11.6 Å². The maximum atomic E-state index is 10.3. The number of aromatic hydroxyl groups is 1. The van der Waals surface area contributed by atoms with E-state index in [9.17, 15) is 5.11 Å². The number of anilines is 2. The highest BCUT2D eigenvalue weighted by Crippen LogP contribution is 2.38. The fourth-order valence-corrected chi connectivity index (χ4v) is 4.52. The van der Waals surface area contributed by atoms with Crippen LogP contribution in [0.2, 0.25) is 0 Å². The van der Waals surface area contributed by atoms with Gasteiger partial charge in [-0.2, -0.15) is 0 Å². The molecule has 3 N–H and O–H groups in total. The summed E-state index contributed by atoms with van der Waals surface area (Å²) in [6.07, 6.45) is 14.2. The highest BCUT2D eigenvalue weighted by atomic mass is 16.3. The van der Waals surface area contributed by atoms with Crippen molar-refractivity contribution < 1.29 is 9.68 Å². The van der Waals surface area contributed by atoms with E-state index in [2.05, 4.69) is 92.3 Å². The van der Waals surface area contributed by atoms with Gasteiger partial charge < -0.3 is 15.7 Å². The molecule has 35 heavy (non-hydrogen) atoms. The predicted octanol–water partition coefficient (Wildman–Crippen LogP) is 6.44. The number of benzene rings is 2. The molecule has 0 aliphatic heterocycles. The second-order valence-corrected chi connectivity index (χ2v) is 8.37. The summed E-state index contributed by atoms with van der Waals surface area (Å²) in [5.74, 6) is 0.0746. The van der Waals surface area contributed by atoms with Gasteiger partial charge in [0.25, 0.3) is 0 Å². The van der Waals surface area contributed by atoms with Crippen molar-refractivity contribution in [1.82, 2.24) is 0 Å². The number of nitrogen functional groups attached to an aromatic ring is 1. The number of rotatable bonds is 9. The molecule has 0 spiro atoms. The average molecular weight is 469 g/mol. The summed E-state index contributed by atoms with van der Waals surface area (Å²) in [5, 5.41) is 10.3. The van der Waals surface area contributed by atoms with E-state index in [4.69, 9.17) is 5.73 Å². The molecule has 0 radical (unpaired) electrons. The normalized spacial score (nSPS) is 12.9. The van der Waals surface area contributed by atoms with E-state index in [1.807, 2.05) is 18.2 Å². The van der Waals surface area contributed by atoms with Crippen molar-refractivity contribution in [2.75, 3.05) is 36.8 Å². The quantitative estimate of drug-likeness (QED) is 0.193. The molecule has 0 fully saturated rings. The van der Waals surface area contributed by atoms with E-state index in [0.717, 1.165) is 54.0 Å². The fourth-order valence-electron chi connectivity index (χ4n) is 4.52. The Bertz CT molecular complexity index is 1180. The lowest BCUT2D eigenvalue weighted by molar-refractivity contribution is -0.519. The van der Waals surface area contributed by atoms with E-state index >= 15 is 0 Å². The molecule has 0 aromatic heterocycles. The minimum Gasteiger partial charge on any atom is -0.506 e. The van der Waals surface area contributed by atoms with E-state index in [1.165, 1.54) is 11.4 Å². The van der Waals surface area contributed by atoms with Crippen LogP contribution in [0, 0.1) is 0 Å². The monoisotopic (exact) mass is 468 g/mol. The van der Waals surface area contributed by atoms with Crippen LogP contribution in [0.15, 0.2) is 85.0 Å². The lowest BCUT2D eigenvalue weighted by Gasteiger charge is -2.22. The predicted molar refractivity (Wildman–Crippen MR) is 152 cm³/mol. The summed E-state index contributed by atoms with van der Waals surface area (Å²) in [7, 11) is 0. The molecule has 3 rings (SSSR count). The smallest absolute Gasteiger partial charge is 0.199 e. The molecule has 1 aliphatic rings. The molecule has 2 aromatic carbocycles. The molecule has 1 aliphatic carbocycles. The van der Waals surface area contributed by atoms with Gasteiger partial charge in [0.15, 0.2) is 5.71 Å². The Morgan fingerprint density at radius 3 is 2.11 bits per heavy atom. The maximum Gasteiger partial charge on any atom is 0.199 e. The van der Waals surface area contributed by atoms with Gasteiger partial charge in [0, 0.05) is 36.5 Å². The fraction of sp³-hybridized carbons (Fsp3) is 0.258. The zero-order valence-corrected chi connectivity index (χ0v) is 21.5. The summed E-state index contributed by atoms with van der Waals surface area (Å²) in [6.45, 7) is 16.3. The van der Waals surface area contributed by atoms with Crippen molar-refractivity contribution in [2.45, 2.75) is 27.7 Å². The molecule has 0 bridgehead atoms. The largest absolute Gasteiger partial charge is 0.506 e. The van der Waals surface area contributed by atoms with Crippen molar-refractivity contribution in [3.05, 3.63) is 102 Å². The SMILES string of the molecule is C=C/C=C\c1c(C(=C2C=CC(=[N+](CC)CC)C=C2)c2ccc(N(CC)CC)cc2)ccc(O)c1N. The Labute approximate surface area is 210 Å². The van der Waals surface area contributed by atoms with Crippen LogP contribution in [0.4, 0.5) is 11.4 Å². The van der Waals surface area contributed by atoms with Gasteiger partial charge >= 0.3 is 0 Å². The average Bonchev–Trinajstić information content (AvgIpc) is 2.89. The zero-order chi connectivity index (χ0) is 25.4. The van der Waals surface area contributed by atoms with Crippen LogP contribution in [0.5, 0.6) is 5.75 Å². The summed E-state index contributed by atoms with van der Waals surface area (Å²) < 4.78 is 2.33. The molecule has 4 heteroatoms. The van der Waals surface area contributed by atoms with Crippen LogP contribution in [-0.2, 0) is 0 Å². The van der Waals surface area contributed by atoms with Gasteiger partial charge in [-0.05, 0) is 86.4 Å². The van der Waals surface area contributed by atoms with Crippen molar-refractivity contribution in [2.24, 2.45) is 0 Å². The lowest BCUT2D eigenvalue weighted by atomic mass is 9.87. The third kappa shape index (κ3) is 5.65. The molecular formula is C31H38N3O+. The number of hydrogen-bond donors (Lipinski definition) is 2. The van der Waals surface area contributed by atoms with E-state index in [-0.39, 0.29) is 5.75 Å². The summed E-state index contributed by atoms with van der Waals surface area (Å²) >= 11 is 0. The molecule has 4 nitrogen and oxygen atoms in total. The van der Waals surface area contributed by atoms with E-state index in [1.54, 1.807) is 12.1 Å². The van der Waals surface area contributed by atoms with Gasteiger partial charge in [0.2, 0.25) is 0 Å². The number of hydrogen-bond acceptors (Lipinski definition) is 3.